The summed E-state index contributed by atoms with van der Waals surface area (Å²) in [6.45, 7) is 5.98. The molecule has 0 unspecified atom stereocenters. The van der Waals surface area contributed by atoms with Gasteiger partial charge < -0.3 is 20.5 Å². The summed E-state index contributed by atoms with van der Waals surface area (Å²) < 4.78 is 5.70. The topological polar surface area (TPSA) is 87.7 Å². The van der Waals surface area contributed by atoms with Crippen molar-refractivity contribution in [2.75, 3.05) is 13.2 Å². The van der Waals surface area contributed by atoms with E-state index in [-0.39, 0.29) is 17.7 Å². The molecule has 2 rings (SSSR count). The lowest BCUT2D eigenvalue weighted by molar-refractivity contribution is 0.0545. The standard InChI is InChI=1S/C17H24N2O4/c1-11(2)15-14(7-8-23-15)10-19-17(22)18-9-12-3-5-13(6-4-12)16(20)21/h3-6,11,14-15H,7-10H2,1-2H3,(H,20,21)(H2,18,19,22)/t14-,15-/m1/s1. The molecule has 23 heavy (non-hydrogen) atoms. The van der Waals surface area contributed by atoms with Crippen molar-refractivity contribution in [3.63, 3.8) is 0 Å². The molecule has 6 heteroatoms. The number of hydrogen-bond acceptors (Lipinski definition) is 3. The molecule has 0 saturated carbocycles. The van der Waals surface area contributed by atoms with Crippen molar-refractivity contribution in [1.29, 1.82) is 0 Å². The smallest absolute Gasteiger partial charge is 0.335 e. The first-order valence-corrected chi connectivity index (χ1v) is 7.93. The highest BCUT2D eigenvalue weighted by molar-refractivity contribution is 5.87. The summed E-state index contributed by atoms with van der Waals surface area (Å²) in [6, 6.07) is 6.23. The van der Waals surface area contributed by atoms with Gasteiger partial charge in [0, 0.05) is 25.6 Å². The zero-order valence-electron chi connectivity index (χ0n) is 13.5. The molecule has 0 aromatic heterocycles. The third kappa shape index (κ3) is 4.96. The minimum absolute atomic E-state index is 0.207. The predicted molar refractivity (Wildman–Crippen MR) is 86.3 cm³/mol. The van der Waals surface area contributed by atoms with E-state index < -0.39 is 5.97 Å². The van der Waals surface area contributed by atoms with Gasteiger partial charge in [0.25, 0.3) is 0 Å². The maximum atomic E-state index is 11.9. The van der Waals surface area contributed by atoms with Crippen molar-refractivity contribution >= 4 is 12.0 Å². The van der Waals surface area contributed by atoms with E-state index in [1.165, 1.54) is 12.1 Å². The van der Waals surface area contributed by atoms with E-state index in [0.29, 0.717) is 24.9 Å². The normalized spacial score (nSPS) is 20.5. The van der Waals surface area contributed by atoms with E-state index >= 15 is 0 Å². The first-order valence-electron chi connectivity index (χ1n) is 7.93. The molecule has 1 saturated heterocycles. The van der Waals surface area contributed by atoms with Gasteiger partial charge in [0.2, 0.25) is 0 Å². The number of carboxylic acids is 1. The highest BCUT2D eigenvalue weighted by Gasteiger charge is 2.30. The van der Waals surface area contributed by atoms with Gasteiger partial charge in [-0.05, 0) is 30.0 Å². The molecule has 0 spiro atoms. The molecule has 2 atom stereocenters. The SMILES string of the molecule is CC(C)[C@H]1OCC[C@@H]1CNC(=O)NCc1ccc(C(=O)O)cc1. The average molecular weight is 320 g/mol. The van der Waals surface area contributed by atoms with Crippen LogP contribution in [0.15, 0.2) is 24.3 Å². The highest BCUT2D eigenvalue weighted by Crippen LogP contribution is 2.25. The number of urea groups is 1. The Morgan fingerprint density at radius 3 is 2.57 bits per heavy atom. The van der Waals surface area contributed by atoms with Gasteiger partial charge in [-0.1, -0.05) is 26.0 Å². The predicted octanol–water partition coefficient (Wildman–Crippen LogP) is 2.25. The molecule has 6 nitrogen and oxygen atoms in total. The zero-order valence-corrected chi connectivity index (χ0v) is 13.5. The summed E-state index contributed by atoms with van der Waals surface area (Å²) in [5.41, 5.74) is 1.09. The lowest BCUT2D eigenvalue weighted by Gasteiger charge is -2.22. The van der Waals surface area contributed by atoms with Crippen LogP contribution in [0.1, 0.15) is 36.2 Å². The number of aromatic carboxylic acids is 1. The summed E-state index contributed by atoms with van der Waals surface area (Å²) in [6.07, 6.45) is 1.18. The Hall–Kier alpha value is -2.08. The lowest BCUT2D eigenvalue weighted by atomic mass is 9.93. The van der Waals surface area contributed by atoms with Crippen molar-refractivity contribution in [3.05, 3.63) is 35.4 Å². The molecule has 1 heterocycles. The number of nitrogens with one attached hydrogen (secondary N) is 2. The molecule has 1 aliphatic rings. The third-order valence-electron chi connectivity index (χ3n) is 4.10. The quantitative estimate of drug-likeness (QED) is 0.750. The molecule has 1 fully saturated rings. The van der Waals surface area contributed by atoms with Crippen molar-refractivity contribution in [3.8, 4) is 0 Å². The molecule has 0 aliphatic carbocycles. The number of ether oxygens (including phenoxy) is 1. The van der Waals surface area contributed by atoms with Crippen molar-refractivity contribution in [1.82, 2.24) is 10.6 Å². The Balaban J connectivity index is 1.73. The Morgan fingerprint density at radius 1 is 1.26 bits per heavy atom. The Kier molecular flexibility index (Phi) is 5.98. The maximum Gasteiger partial charge on any atom is 0.335 e. The van der Waals surface area contributed by atoms with Gasteiger partial charge in [0.05, 0.1) is 11.7 Å². The molecule has 126 valence electrons. The van der Waals surface area contributed by atoms with E-state index in [1.54, 1.807) is 12.1 Å². The number of carboxylic acid groups (broad SMARTS) is 1. The second-order valence-electron chi connectivity index (χ2n) is 6.19. The second kappa shape index (κ2) is 7.97. The van der Waals surface area contributed by atoms with Crippen LogP contribution in [0.5, 0.6) is 0 Å². The Bertz CT molecular complexity index is 542. The van der Waals surface area contributed by atoms with E-state index in [4.69, 9.17) is 9.84 Å². The van der Waals surface area contributed by atoms with Gasteiger partial charge in [0.15, 0.2) is 0 Å². The fourth-order valence-corrected chi connectivity index (χ4v) is 2.84. The average Bonchev–Trinajstić information content (AvgIpc) is 3.00. The van der Waals surface area contributed by atoms with E-state index in [2.05, 4.69) is 24.5 Å². The molecule has 1 aromatic rings. The minimum Gasteiger partial charge on any atom is -0.478 e. The largest absolute Gasteiger partial charge is 0.478 e. The fraction of sp³-hybridized carbons (Fsp3) is 0.529. The first-order chi connectivity index (χ1) is 11.0. The van der Waals surface area contributed by atoms with Crippen molar-refractivity contribution < 1.29 is 19.4 Å². The first kappa shape index (κ1) is 17.3. The van der Waals surface area contributed by atoms with Crippen LogP contribution in [0.4, 0.5) is 4.79 Å². The van der Waals surface area contributed by atoms with Gasteiger partial charge in [-0.3, -0.25) is 0 Å². The molecule has 2 amide bonds. The summed E-state index contributed by atoms with van der Waals surface area (Å²) in [7, 11) is 0. The molecule has 0 radical (unpaired) electrons. The zero-order chi connectivity index (χ0) is 16.8. The Morgan fingerprint density at radius 2 is 1.96 bits per heavy atom. The molecule has 1 aliphatic heterocycles. The molecule has 0 bridgehead atoms. The summed E-state index contributed by atoms with van der Waals surface area (Å²) in [5.74, 6) is -0.156. The van der Waals surface area contributed by atoms with Gasteiger partial charge in [-0.15, -0.1) is 0 Å². The van der Waals surface area contributed by atoms with Crippen molar-refractivity contribution in [2.24, 2.45) is 11.8 Å². The number of carbonyl (C=O) groups excluding carboxylic acids is 1. The lowest BCUT2D eigenvalue weighted by Crippen LogP contribution is -2.40. The summed E-state index contributed by atoms with van der Waals surface area (Å²) >= 11 is 0. The maximum absolute atomic E-state index is 11.9. The van der Waals surface area contributed by atoms with Crippen molar-refractivity contribution in [2.45, 2.75) is 32.9 Å². The van der Waals surface area contributed by atoms with Crippen LogP contribution in [0, 0.1) is 11.8 Å². The van der Waals surface area contributed by atoms with Gasteiger partial charge in [-0.2, -0.15) is 0 Å². The summed E-state index contributed by atoms with van der Waals surface area (Å²) in [5, 5.41) is 14.5. The Labute approximate surface area is 136 Å². The van der Waals surface area contributed by atoms with Crippen LogP contribution in [0.25, 0.3) is 0 Å². The number of amides is 2. The fourth-order valence-electron chi connectivity index (χ4n) is 2.84. The van der Waals surface area contributed by atoms with Crippen LogP contribution in [0.3, 0.4) is 0 Å². The van der Waals surface area contributed by atoms with Crippen LogP contribution in [0.2, 0.25) is 0 Å². The van der Waals surface area contributed by atoms with Gasteiger partial charge in [0.1, 0.15) is 0 Å². The van der Waals surface area contributed by atoms with Crippen LogP contribution < -0.4 is 10.6 Å². The number of carbonyl (C=O) groups is 2. The van der Waals surface area contributed by atoms with Crippen LogP contribution >= 0.6 is 0 Å². The van der Waals surface area contributed by atoms with Crippen LogP contribution in [-0.4, -0.2) is 36.4 Å². The molecular weight excluding hydrogens is 296 g/mol. The van der Waals surface area contributed by atoms with Crippen LogP contribution in [-0.2, 0) is 11.3 Å². The number of hydrogen-bond donors (Lipinski definition) is 3. The number of benzene rings is 1. The molecular formula is C17H24N2O4. The van der Waals surface area contributed by atoms with E-state index in [9.17, 15) is 9.59 Å². The summed E-state index contributed by atoms with van der Waals surface area (Å²) in [4.78, 5) is 22.6. The van der Waals surface area contributed by atoms with E-state index in [1.807, 2.05) is 0 Å². The third-order valence-corrected chi connectivity index (χ3v) is 4.10. The monoisotopic (exact) mass is 320 g/mol. The molecule has 1 aromatic carbocycles. The van der Waals surface area contributed by atoms with Gasteiger partial charge in [-0.25, -0.2) is 9.59 Å². The number of rotatable bonds is 6. The minimum atomic E-state index is -0.958. The van der Waals surface area contributed by atoms with E-state index in [0.717, 1.165) is 18.6 Å². The second-order valence-corrected chi connectivity index (χ2v) is 6.19. The highest BCUT2D eigenvalue weighted by atomic mass is 16.5. The molecule has 3 N–H and O–H groups in total. The van der Waals surface area contributed by atoms with Gasteiger partial charge >= 0.3 is 12.0 Å².